The molecule has 0 aliphatic heterocycles. The predicted octanol–water partition coefficient (Wildman–Crippen LogP) is 1.66. The summed E-state index contributed by atoms with van der Waals surface area (Å²) in [6.07, 6.45) is 0. The van der Waals surface area contributed by atoms with Crippen molar-refractivity contribution in [3.05, 3.63) is 23.8 Å². The van der Waals surface area contributed by atoms with Crippen LogP contribution in [0.15, 0.2) is 18.2 Å². The Morgan fingerprint density at radius 2 is 1.82 bits per heavy atom. The molecule has 0 saturated heterocycles. The van der Waals surface area contributed by atoms with Crippen molar-refractivity contribution < 1.29 is 9.84 Å². The molecule has 5 N–H and O–H groups in total. The lowest BCUT2D eigenvalue weighted by molar-refractivity contribution is -0.0903. The summed E-state index contributed by atoms with van der Waals surface area (Å²) in [5.41, 5.74) is 11.2. The summed E-state index contributed by atoms with van der Waals surface area (Å²) in [5.74, 6) is 0.564. The van der Waals surface area contributed by atoms with Crippen molar-refractivity contribution >= 4 is 5.69 Å². The first-order chi connectivity index (χ1) is 7.67. The molecule has 0 spiro atoms. The molecule has 0 bridgehead atoms. The van der Waals surface area contributed by atoms with Gasteiger partial charge < -0.3 is 21.3 Å². The Morgan fingerprint density at radius 1 is 1.24 bits per heavy atom. The number of hydrogen-bond donors (Lipinski definition) is 3. The standard InChI is InChI=1S/C13H22N2O2/c1-12(2,16)13(3,4)17-11-6-5-9(8-14)7-10(11)15/h5-7,16H,8,14-15H2,1-4H3. The van der Waals surface area contributed by atoms with E-state index in [0.717, 1.165) is 5.56 Å². The fourth-order valence-electron chi connectivity index (χ4n) is 1.22. The zero-order valence-corrected chi connectivity index (χ0v) is 10.9. The van der Waals surface area contributed by atoms with E-state index in [2.05, 4.69) is 0 Å². The number of nitrogens with two attached hydrogens (primary N) is 2. The van der Waals surface area contributed by atoms with Gasteiger partial charge in [-0.15, -0.1) is 0 Å². The minimum Gasteiger partial charge on any atom is -0.483 e. The fraction of sp³-hybridized carbons (Fsp3) is 0.538. The molecule has 0 heterocycles. The average Bonchev–Trinajstić information content (AvgIpc) is 2.19. The summed E-state index contributed by atoms with van der Waals surface area (Å²) in [6, 6.07) is 5.44. The van der Waals surface area contributed by atoms with Gasteiger partial charge in [-0.3, -0.25) is 0 Å². The van der Waals surface area contributed by atoms with E-state index in [1.54, 1.807) is 26.0 Å². The minimum atomic E-state index is -0.966. The molecule has 0 aromatic heterocycles. The number of nitrogen functional groups attached to an aromatic ring is 1. The van der Waals surface area contributed by atoms with Crippen molar-refractivity contribution in [3.8, 4) is 5.75 Å². The van der Waals surface area contributed by atoms with Crippen LogP contribution in [-0.2, 0) is 6.54 Å². The van der Waals surface area contributed by atoms with Crippen LogP contribution >= 0.6 is 0 Å². The third kappa shape index (κ3) is 3.11. The number of ether oxygens (including phenoxy) is 1. The van der Waals surface area contributed by atoms with Crippen molar-refractivity contribution in [2.24, 2.45) is 5.73 Å². The highest BCUT2D eigenvalue weighted by atomic mass is 16.5. The van der Waals surface area contributed by atoms with Crippen LogP contribution in [0.4, 0.5) is 5.69 Å². The first-order valence-corrected chi connectivity index (χ1v) is 5.67. The maximum absolute atomic E-state index is 10.0. The van der Waals surface area contributed by atoms with E-state index in [4.69, 9.17) is 16.2 Å². The van der Waals surface area contributed by atoms with Gasteiger partial charge in [0, 0.05) is 6.54 Å². The Bertz CT molecular complexity index is 395. The molecule has 1 rings (SSSR count). The van der Waals surface area contributed by atoms with E-state index < -0.39 is 11.2 Å². The Kier molecular flexibility index (Phi) is 3.69. The summed E-state index contributed by atoms with van der Waals surface area (Å²) < 4.78 is 5.78. The normalized spacial score (nSPS) is 12.6. The molecule has 0 unspecified atom stereocenters. The Morgan fingerprint density at radius 3 is 2.24 bits per heavy atom. The number of benzene rings is 1. The molecule has 0 fully saturated rings. The highest BCUT2D eigenvalue weighted by molar-refractivity contribution is 5.54. The molecule has 0 amide bonds. The smallest absolute Gasteiger partial charge is 0.143 e. The van der Waals surface area contributed by atoms with E-state index in [9.17, 15) is 5.11 Å². The zero-order chi connectivity index (χ0) is 13.3. The first-order valence-electron chi connectivity index (χ1n) is 5.67. The summed E-state index contributed by atoms with van der Waals surface area (Å²) in [5, 5.41) is 10.0. The van der Waals surface area contributed by atoms with Gasteiger partial charge in [0.25, 0.3) is 0 Å². The van der Waals surface area contributed by atoms with E-state index in [0.29, 0.717) is 18.0 Å². The Hall–Kier alpha value is -1.26. The number of anilines is 1. The highest BCUT2D eigenvalue weighted by Crippen LogP contribution is 2.31. The molecule has 0 radical (unpaired) electrons. The SMILES string of the molecule is CC(C)(O)C(C)(C)Oc1ccc(CN)cc1N. The van der Waals surface area contributed by atoms with E-state index in [1.807, 2.05) is 19.9 Å². The largest absolute Gasteiger partial charge is 0.483 e. The lowest BCUT2D eigenvalue weighted by atomic mass is 9.89. The van der Waals surface area contributed by atoms with Gasteiger partial charge in [-0.1, -0.05) is 6.07 Å². The molecule has 0 saturated carbocycles. The summed E-state index contributed by atoms with van der Waals surface area (Å²) in [4.78, 5) is 0. The molecular formula is C13H22N2O2. The third-order valence-corrected chi connectivity index (χ3v) is 3.15. The van der Waals surface area contributed by atoms with Gasteiger partial charge in [-0.2, -0.15) is 0 Å². The predicted molar refractivity (Wildman–Crippen MR) is 69.8 cm³/mol. The van der Waals surface area contributed by atoms with Crippen LogP contribution in [0.2, 0.25) is 0 Å². The van der Waals surface area contributed by atoms with Gasteiger partial charge in [0.15, 0.2) is 0 Å². The van der Waals surface area contributed by atoms with Crippen molar-refractivity contribution in [2.75, 3.05) is 5.73 Å². The second kappa shape index (κ2) is 4.55. The minimum absolute atomic E-state index is 0.444. The van der Waals surface area contributed by atoms with E-state index in [-0.39, 0.29) is 0 Å². The molecule has 1 aromatic carbocycles. The van der Waals surface area contributed by atoms with Gasteiger partial charge in [0.05, 0.1) is 11.3 Å². The van der Waals surface area contributed by atoms with Crippen LogP contribution in [0.1, 0.15) is 33.3 Å². The van der Waals surface area contributed by atoms with Crippen LogP contribution in [0.25, 0.3) is 0 Å². The Balaban J connectivity index is 2.96. The highest BCUT2D eigenvalue weighted by Gasteiger charge is 2.37. The second-order valence-electron chi connectivity index (χ2n) is 5.25. The van der Waals surface area contributed by atoms with E-state index in [1.165, 1.54) is 0 Å². The molecule has 1 aromatic rings. The Labute approximate surface area is 103 Å². The first kappa shape index (κ1) is 13.8. The second-order valence-corrected chi connectivity index (χ2v) is 5.25. The van der Waals surface area contributed by atoms with Crippen molar-refractivity contribution in [3.63, 3.8) is 0 Å². The molecule has 96 valence electrons. The van der Waals surface area contributed by atoms with E-state index >= 15 is 0 Å². The molecule has 17 heavy (non-hydrogen) atoms. The quantitative estimate of drug-likeness (QED) is 0.697. The van der Waals surface area contributed by atoms with Crippen LogP contribution < -0.4 is 16.2 Å². The molecule has 0 atom stereocenters. The van der Waals surface area contributed by atoms with Crippen molar-refractivity contribution in [1.29, 1.82) is 0 Å². The lowest BCUT2D eigenvalue weighted by Gasteiger charge is -2.37. The fourth-order valence-corrected chi connectivity index (χ4v) is 1.22. The van der Waals surface area contributed by atoms with Gasteiger partial charge >= 0.3 is 0 Å². The number of rotatable bonds is 4. The summed E-state index contributed by atoms with van der Waals surface area (Å²) >= 11 is 0. The molecule has 0 aliphatic rings. The third-order valence-electron chi connectivity index (χ3n) is 3.15. The monoisotopic (exact) mass is 238 g/mol. The maximum atomic E-state index is 10.0. The summed E-state index contributed by atoms with van der Waals surface area (Å²) in [6.45, 7) is 7.50. The van der Waals surface area contributed by atoms with Crippen LogP contribution in [0.3, 0.4) is 0 Å². The van der Waals surface area contributed by atoms with Crippen LogP contribution in [0.5, 0.6) is 5.75 Å². The molecular weight excluding hydrogens is 216 g/mol. The maximum Gasteiger partial charge on any atom is 0.143 e. The molecule has 4 heteroatoms. The lowest BCUT2D eigenvalue weighted by Crippen LogP contribution is -2.49. The van der Waals surface area contributed by atoms with Gasteiger partial charge in [0.1, 0.15) is 11.4 Å². The molecule has 0 aliphatic carbocycles. The number of hydrogen-bond acceptors (Lipinski definition) is 4. The van der Waals surface area contributed by atoms with Crippen molar-refractivity contribution in [2.45, 2.75) is 45.4 Å². The van der Waals surface area contributed by atoms with Crippen molar-refractivity contribution in [1.82, 2.24) is 0 Å². The molecule has 4 nitrogen and oxygen atoms in total. The average molecular weight is 238 g/mol. The van der Waals surface area contributed by atoms with Crippen LogP contribution in [0, 0.1) is 0 Å². The summed E-state index contributed by atoms with van der Waals surface area (Å²) in [7, 11) is 0. The topological polar surface area (TPSA) is 81.5 Å². The number of aliphatic hydroxyl groups is 1. The zero-order valence-electron chi connectivity index (χ0n) is 10.9. The van der Waals surface area contributed by atoms with Gasteiger partial charge in [-0.25, -0.2) is 0 Å². The van der Waals surface area contributed by atoms with Gasteiger partial charge in [0.2, 0.25) is 0 Å². The van der Waals surface area contributed by atoms with Crippen LogP contribution in [-0.4, -0.2) is 16.3 Å². The van der Waals surface area contributed by atoms with Gasteiger partial charge in [-0.05, 0) is 45.4 Å².